The van der Waals surface area contributed by atoms with E-state index in [2.05, 4.69) is 238 Å². The zero-order chi connectivity index (χ0) is 109. The molecule has 0 aliphatic heterocycles. The molecule has 0 saturated heterocycles. The third-order valence-corrected chi connectivity index (χ3v) is 28.1. The van der Waals surface area contributed by atoms with E-state index >= 15 is 0 Å². The summed E-state index contributed by atoms with van der Waals surface area (Å²) in [5.41, 5.74) is 17.6. The van der Waals surface area contributed by atoms with Crippen LogP contribution in [0.1, 0.15) is 334 Å². The lowest BCUT2D eigenvalue weighted by molar-refractivity contribution is 0.361. The molecule has 0 aliphatic rings. The van der Waals surface area contributed by atoms with Gasteiger partial charge in [-0.2, -0.15) is 0 Å². The number of hydrogen-bond donors (Lipinski definition) is 2. The molecule has 2 N–H and O–H groups in total. The van der Waals surface area contributed by atoms with E-state index in [-0.39, 0.29) is 59.7 Å². The fraction of sp³-hybridized carbons (Fsp3) is 0.714. The SMILES string of the molecule is CCN(C)c1c(CCCC(C)(C)C)c(=O)c1=S.CCN(C)c1c(N(C)CCC(C)(C)C)c(=O)c1=S.CCN(CC)c1c(CCCC(C)(C)C)c(=O)c1=S.CCN(CC)c1c(N(C)CCCCC(C)(C)C)c(=O)c1=S.CCNc1c(CCCC(C)(C)C)c(=O)c1=S.CCNc1c(N(C)CCC(C)(C)C)c(=O)c1=S.CN(C)c1c(CCCC(C)(C)C)c(=O)c1=S.CN(C)c1c(N(C)CCC(C)(C)C)c(=O)c1=S. The van der Waals surface area contributed by atoms with Crippen LogP contribution in [-0.2, 0) is 25.7 Å². The molecule has 0 aromatic heterocycles. The fourth-order valence-electron chi connectivity index (χ4n) is 16.1. The Morgan fingerprint density at radius 3 is 0.779 bits per heavy atom. The van der Waals surface area contributed by atoms with Crippen LogP contribution in [0.3, 0.4) is 0 Å². The van der Waals surface area contributed by atoms with Crippen molar-refractivity contribution in [1.29, 1.82) is 0 Å². The van der Waals surface area contributed by atoms with Crippen LogP contribution in [0.25, 0.3) is 0 Å². The van der Waals surface area contributed by atoms with Gasteiger partial charge in [0.25, 0.3) is 0 Å². The maximum absolute atomic E-state index is 12.1. The van der Waals surface area contributed by atoms with Crippen LogP contribution in [0.15, 0.2) is 38.4 Å². The average molecular weight is 2090 g/mol. The number of nitrogens with one attached hydrogen (secondary N) is 2. The second-order valence-corrected chi connectivity index (χ2v) is 51.2. The van der Waals surface area contributed by atoms with Crippen molar-refractivity contribution in [3.63, 3.8) is 0 Å². The van der Waals surface area contributed by atoms with Crippen LogP contribution in [-0.4, -0.2) is 149 Å². The molecule has 0 spiro atoms. The molecule has 0 aliphatic carbocycles. The molecule has 0 fully saturated rings. The molecule has 8 rings (SSSR count). The first-order valence-electron chi connectivity index (χ1n) is 51.2. The van der Waals surface area contributed by atoms with Crippen LogP contribution >= 0.6 is 97.7 Å². The lowest BCUT2D eigenvalue weighted by Gasteiger charge is -2.31. The van der Waals surface area contributed by atoms with Gasteiger partial charge < -0.3 is 59.6 Å². The molecule has 28 heteroatoms. The summed E-state index contributed by atoms with van der Waals surface area (Å²) >= 11 is 40.9. The topological polar surface area (TPSA) is 193 Å². The standard InChI is InChI=1S/C17H30N2OS.C15H25NOS.C14H24N2OS.C14H23NOS.2C13H22N2OS.2C13H21NOS/c1-7-19(8-2)14-13(15(20)16(14)21)18(6)12-10-9-11-17(3,4)5;1-6-16(7-2)12-11(13(17)14(12)18)9-8-10-15(3,4)5;1-7-15(5)11-10(12(17)13(11)18)16(6)9-8-14(2,3)4;1-6-15(5)11-10(12(16)13(11)17)8-7-9-14(2,3)4;1-13(2,3)7-8-15(6)9-10(14(4)5)12(17)11(9)16;1-6-14-9-10(11(16)12(9)17)15(5)8-7-13(2,3)4;1-13(2,3)8-6-7-9-10(14(4)5)12(16)11(9)15;1-5-14-10-9(11(15)12(10)16)7-6-8-13(2,3)4/h7-12H2,1-6H3;6-10H2,1-5H3;7-9H2,1-6H3;6-9H2,1-5H3;7-8H2,1-6H3;14H,6-8H2,1-5H3;6-8H2,1-5H3;14H,5-8H2,1-4H3. The van der Waals surface area contributed by atoms with E-state index in [9.17, 15) is 38.4 Å². The Kier molecular flexibility index (Phi) is 54.2. The van der Waals surface area contributed by atoms with Crippen LogP contribution in [0.5, 0.6) is 0 Å². The molecule has 0 atom stereocenters. The molecule has 0 unspecified atom stereocenters. The van der Waals surface area contributed by atoms with Crippen molar-refractivity contribution >= 4 is 166 Å². The van der Waals surface area contributed by atoms with E-state index < -0.39 is 0 Å². The molecule has 0 heterocycles. The fourth-order valence-corrected chi connectivity index (χ4v) is 18.9. The van der Waals surface area contributed by atoms with E-state index in [0.29, 0.717) is 63.2 Å². The van der Waals surface area contributed by atoms with Crippen molar-refractivity contribution in [3.05, 3.63) is 140 Å². The Morgan fingerprint density at radius 1 is 0.207 bits per heavy atom. The highest BCUT2D eigenvalue weighted by molar-refractivity contribution is 7.73. The predicted molar refractivity (Wildman–Crippen MR) is 638 cm³/mol. The number of rotatable bonds is 42. The van der Waals surface area contributed by atoms with Crippen LogP contribution in [0.4, 0.5) is 68.2 Å². The summed E-state index contributed by atoms with van der Waals surface area (Å²) in [5, 5.41) is 6.34. The van der Waals surface area contributed by atoms with Gasteiger partial charge in [0.05, 0.1) is 45.5 Å². The zero-order valence-electron chi connectivity index (χ0n) is 95.2. The molecule has 792 valence electrons. The maximum atomic E-state index is 12.1. The Bertz CT molecular complexity index is 5800. The second kappa shape index (κ2) is 57.6. The monoisotopic (exact) mass is 2090 g/mol. The van der Waals surface area contributed by atoms with Gasteiger partial charge in [-0.1, -0.05) is 270 Å². The largest absolute Gasteiger partial charge is 0.384 e. The molecule has 0 saturated carbocycles. The van der Waals surface area contributed by atoms with Crippen molar-refractivity contribution in [1.82, 2.24) is 0 Å². The molecule has 0 radical (unpaired) electrons. The molecule has 140 heavy (non-hydrogen) atoms. The molecular formula is C112H188N12O8S8. The van der Waals surface area contributed by atoms with Gasteiger partial charge >= 0.3 is 0 Å². The summed E-state index contributed by atoms with van der Waals surface area (Å²) in [5.74, 6) is 0. The average Bonchev–Trinajstić information content (AvgIpc) is 0.749. The minimum absolute atomic E-state index is 0.00681. The molecule has 0 bridgehead atoms. The molecule has 8 aromatic carbocycles. The summed E-state index contributed by atoms with van der Waals surface area (Å²) in [4.78, 5) is 115. The van der Waals surface area contributed by atoms with Gasteiger partial charge in [0.2, 0.25) is 43.4 Å². The number of anilines is 12. The summed E-state index contributed by atoms with van der Waals surface area (Å²) in [6, 6.07) is 0. The Balaban J connectivity index is 0.000000801. The van der Waals surface area contributed by atoms with Gasteiger partial charge in [-0.25, -0.2) is 0 Å². The number of hydrogen-bond acceptors (Lipinski definition) is 28. The molecule has 20 nitrogen and oxygen atoms in total. The molecule has 0 amide bonds. The summed E-state index contributed by atoms with van der Waals surface area (Å²) in [6.45, 7) is 80.5. The van der Waals surface area contributed by atoms with Crippen LogP contribution in [0.2, 0.25) is 0 Å². The third kappa shape index (κ3) is 41.1. The van der Waals surface area contributed by atoms with Gasteiger partial charge in [0.1, 0.15) is 58.8 Å². The highest BCUT2D eigenvalue weighted by atomic mass is 32.1. The number of unbranched alkanes of at least 4 members (excludes halogenated alkanes) is 1. The van der Waals surface area contributed by atoms with Gasteiger partial charge in [-0.3, -0.25) is 38.4 Å². The van der Waals surface area contributed by atoms with E-state index in [4.69, 9.17) is 97.7 Å². The van der Waals surface area contributed by atoms with E-state index in [1.165, 1.54) is 12.8 Å². The first-order chi connectivity index (χ1) is 64.0. The van der Waals surface area contributed by atoms with Crippen molar-refractivity contribution in [2.45, 2.75) is 337 Å². The van der Waals surface area contributed by atoms with Gasteiger partial charge in [0, 0.05) is 171 Å². The maximum Gasteiger partial charge on any atom is 0.224 e. The first-order valence-corrected chi connectivity index (χ1v) is 54.5. The lowest BCUT2D eigenvalue weighted by atomic mass is 9.88. The summed E-state index contributed by atoms with van der Waals surface area (Å²) in [7, 11) is 19.6. The zero-order valence-corrected chi connectivity index (χ0v) is 102. The van der Waals surface area contributed by atoms with Crippen LogP contribution in [0, 0.1) is 79.4 Å². The van der Waals surface area contributed by atoms with Gasteiger partial charge in [-0.15, -0.1) is 0 Å². The van der Waals surface area contributed by atoms with Crippen molar-refractivity contribution in [2.75, 3.05) is 209 Å². The van der Waals surface area contributed by atoms with Gasteiger partial charge in [-0.05, 0) is 208 Å². The highest BCUT2D eigenvalue weighted by Crippen LogP contribution is 2.38. The highest BCUT2D eigenvalue weighted by Gasteiger charge is 2.31. The Labute approximate surface area is 888 Å². The number of nitrogens with zero attached hydrogens (tertiary/aromatic N) is 10. The quantitative estimate of drug-likeness (QED) is 0.0271. The minimum atomic E-state index is 0.00681. The van der Waals surface area contributed by atoms with Crippen molar-refractivity contribution in [2.24, 2.45) is 43.3 Å². The van der Waals surface area contributed by atoms with Crippen LogP contribution < -0.4 is 103 Å². The predicted octanol–water partition coefficient (Wildman–Crippen LogP) is 26.6. The Morgan fingerprint density at radius 2 is 0.443 bits per heavy atom. The third-order valence-electron chi connectivity index (χ3n) is 25.1. The molecule has 8 aromatic rings. The van der Waals surface area contributed by atoms with Crippen molar-refractivity contribution < 1.29 is 0 Å². The summed E-state index contributed by atoms with van der Waals surface area (Å²) in [6.07, 6.45) is 18.9. The van der Waals surface area contributed by atoms with E-state index in [0.717, 1.165) is 272 Å². The van der Waals surface area contributed by atoms with Gasteiger partial charge in [0.15, 0.2) is 0 Å². The normalized spacial score (nSPS) is 12.0. The minimum Gasteiger partial charge on any atom is -0.384 e. The first kappa shape index (κ1) is 132. The molecular weight excluding hydrogens is 1900 g/mol. The lowest BCUT2D eigenvalue weighted by Crippen LogP contribution is -2.35. The van der Waals surface area contributed by atoms with Crippen molar-refractivity contribution in [3.8, 4) is 0 Å². The Hall–Kier alpha value is -6.40. The smallest absolute Gasteiger partial charge is 0.224 e. The second-order valence-electron chi connectivity index (χ2n) is 47.9. The van der Waals surface area contributed by atoms with E-state index in [1.807, 2.05) is 114 Å². The summed E-state index contributed by atoms with van der Waals surface area (Å²) < 4.78 is 3.98. The van der Waals surface area contributed by atoms with E-state index in [1.54, 1.807) is 0 Å².